The molecule has 0 bridgehead atoms. The third-order valence-corrected chi connectivity index (χ3v) is 8.02. The Morgan fingerprint density at radius 2 is 1.18 bits per heavy atom. The van der Waals surface area contributed by atoms with Gasteiger partial charge < -0.3 is 14.0 Å². The lowest BCUT2D eigenvalue weighted by Gasteiger charge is -2.16. The van der Waals surface area contributed by atoms with Crippen molar-refractivity contribution in [3.05, 3.63) is 66.2 Å². The minimum Gasteiger partial charge on any atom is -0.493 e. The van der Waals surface area contributed by atoms with E-state index in [0.717, 1.165) is 65.0 Å². The van der Waals surface area contributed by atoms with Crippen molar-refractivity contribution >= 4 is 21.8 Å². The molecule has 0 amide bonds. The van der Waals surface area contributed by atoms with Gasteiger partial charge in [-0.2, -0.15) is 5.26 Å². The molecule has 4 aromatic rings. The minimum absolute atomic E-state index is 0.583. The van der Waals surface area contributed by atoms with E-state index in [0.29, 0.717) is 17.4 Å². The Bertz CT molecular complexity index is 1300. The average Bonchev–Trinajstić information content (AvgIpc) is 3.30. The summed E-state index contributed by atoms with van der Waals surface area (Å²) < 4.78 is 15.0. The molecule has 3 aromatic carbocycles. The number of nitriles is 1. The molecule has 2 unspecified atom stereocenters. The van der Waals surface area contributed by atoms with E-state index in [1.54, 1.807) is 0 Å². The molecule has 0 fully saturated rings. The molecule has 206 valence electrons. The van der Waals surface area contributed by atoms with E-state index in [9.17, 15) is 5.26 Å². The lowest BCUT2D eigenvalue weighted by Crippen LogP contribution is -2.11. The van der Waals surface area contributed by atoms with E-state index < -0.39 is 0 Å². The highest BCUT2D eigenvalue weighted by molar-refractivity contribution is 6.10. The van der Waals surface area contributed by atoms with Crippen LogP contribution in [0, 0.1) is 23.2 Å². The zero-order valence-electron chi connectivity index (χ0n) is 24.2. The SMILES string of the molecule is CCCCC(CC)COc1ccc2c(c1)c1cc(OCC(CC)CCCC)ccc1n2-c1ccc(C#N)cc1. The Kier molecular flexibility index (Phi) is 10.3. The molecule has 0 radical (unpaired) electrons. The highest BCUT2D eigenvalue weighted by Crippen LogP contribution is 2.36. The maximum absolute atomic E-state index is 9.29. The number of benzene rings is 3. The van der Waals surface area contributed by atoms with E-state index in [1.807, 2.05) is 24.3 Å². The van der Waals surface area contributed by atoms with Crippen LogP contribution < -0.4 is 9.47 Å². The molecule has 4 nitrogen and oxygen atoms in total. The molecular weight excluding hydrogens is 480 g/mol. The van der Waals surface area contributed by atoms with Gasteiger partial charge in [0.2, 0.25) is 0 Å². The monoisotopic (exact) mass is 524 g/mol. The van der Waals surface area contributed by atoms with Crippen molar-refractivity contribution < 1.29 is 9.47 Å². The lowest BCUT2D eigenvalue weighted by atomic mass is 10.0. The van der Waals surface area contributed by atoms with Crippen LogP contribution in [0.15, 0.2) is 60.7 Å². The average molecular weight is 525 g/mol. The Balaban J connectivity index is 1.71. The van der Waals surface area contributed by atoms with Gasteiger partial charge in [0.15, 0.2) is 0 Å². The number of fused-ring (bicyclic) bond motifs is 3. The minimum atomic E-state index is 0.583. The Labute approximate surface area is 234 Å². The first-order chi connectivity index (χ1) is 19.1. The number of aromatic nitrogens is 1. The molecule has 0 spiro atoms. The highest BCUT2D eigenvalue weighted by Gasteiger charge is 2.16. The Morgan fingerprint density at radius 3 is 1.59 bits per heavy atom. The first kappa shape index (κ1) is 28.6. The molecule has 0 saturated heterocycles. The predicted molar refractivity (Wildman–Crippen MR) is 163 cm³/mol. The zero-order valence-corrected chi connectivity index (χ0v) is 24.2. The first-order valence-electron chi connectivity index (χ1n) is 15.0. The second-order valence-corrected chi connectivity index (χ2v) is 10.8. The zero-order chi connectivity index (χ0) is 27.6. The molecule has 1 aromatic heterocycles. The molecule has 0 aliphatic rings. The largest absolute Gasteiger partial charge is 0.493 e. The number of nitrogens with zero attached hydrogens (tertiary/aromatic N) is 2. The van der Waals surface area contributed by atoms with Gasteiger partial charge in [0, 0.05) is 16.5 Å². The van der Waals surface area contributed by atoms with E-state index in [2.05, 4.69) is 74.7 Å². The van der Waals surface area contributed by atoms with Gasteiger partial charge in [-0.3, -0.25) is 0 Å². The van der Waals surface area contributed by atoms with E-state index >= 15 is 0 Å². The fourth-order valence-corrected chi connectivity index (χ4v) is 5.35. The second kappa shape index (κ2) is 14.1. The van der Waals surface area contributed by atoms with Crippen LogP contribution in [0.3, 0.4) is 0 Å². The highest BCUT2D eigenvalue weighted by atomic mass is 16.5. The summed E-state index contributed by atoms with van der Waals surface area (Å²) in [6, 6.07) is 22.9. The molecule has 2 atom stereocenters. The maximum Gasteiger partial charge on any atom is 0.120 e. The fraction of sp³-hybridized carbons (Fsp3) is 0.457. The van der Waals surface area contributed by atoms with E-state index in [1.165, 1.54) is 38.5 Å². The van der Waals surface area contributed by atoms with Crippen molar-refractivity contribution in [3.63, 3.8) is 0 Å². The number of hydrogen-bond acceptors (Lipinski definition) is 3. The molecule has 4 heteroatoms. The van der Waals surface area contributed by atoms with Crippen molar-refractivity contribution in [1.82, 2.24) is 4.57 Å². The molecule has 0 saturated carbocycles. The Hall–Kier alpha value is -3.45. The summed E-state index contributed by atoms with van der Waals surface area (Å²) in [6.07, 6.45) is 9.64. The van der Waals surface area contributed by atoms with Gasteiger partial charge in [0.25, 0.3) is 0 Å². The molecule has 0 aliphatic carbocycles. The molecule has 4 rings (SSSR count). The van der Waals surface area contributed by atoms with Crippen molar-refractivity contribution in [2.75, 3.05) is 13.2 Å². The normalized spacial score (nSPS) is 12.9. The van der Waals surface area contributed by atoms with Crippen molar-refractivity contribution in [2.45, 2.75) is 79.1 Å². The van der Waals surface area contributed by atoms with Crippen molar-refractivity contribution in [2.24, 2.45) is 11.8 Å². The summed E-state index contributed by atoms with van der Waals surface area (Å²) in [6.45, 7) is 10.5. The first-order valence-corrected chi connectivity index (χ1v) is 15.0. The van der Waals surface area contributed by atoms with Gasteiger partial charge in [-0.05, 0) is 85.3 Å². The molecular formula is C35H44N2O2. The van der Waals surface area contributed by atoms with Gasteiger partial charge in [-0.15, -0.1) is 0 Å². The third kappa shape index (κ3) is 6.95. The van der Waals surface area contributed by atoms with Gasteiger partial charge >= 0.3 is 0 Å². The second-order valence-electron chi connectivity index (χ2n) is 10.8. The lowest BCUT2D eigenvalue weighted by molar-refractivity contribution is 0.233. The van der Waals surface area contributed by atoms with Crippen LogP contribution in [0.2, 0.25) is 0 Å². The smallest absolute Gasteiger partial charge is 0.120 e. The maximum atomic E-state index is 9.29. The number of ether oxygens (including phenoxy) is 2. The standard InChI is InChI=1S/C35H44N2O2/c1-5-9-11-26(7-3)24-38-30-17-19-34-32(21-30)33-22-31(39-25-27(8-4)12-10-6-2)18-20-35(33)37(34)29-15-13-28(23-36)14-16-29/h13-22,26-27H,5-12,24-25H2,1-4H3. The predicted octanol–water partition coefficient (Wildman–Crippen LogP) is 9.85. The summed E-state index contributed by atoms with van der Waals surface area (Å²) in [5.74, 6) is 2.99. The summed E-state index contributed by atoms with van der Waals surface area (Å²) in [7, 11) is 0. The van der Waals surface area contributed by atoms with Gasteiger partial charge in [0.1, 0.15) is 11.5 Å². The molecule has 0 N–H and O–H groups in total. The third-order valence-electron chi connectivity index (χ3n) is 8.02. The van der Waals surface area contributed by atoms with Crippen LogP contribution in [-0.2, 0) is 0 Å². The fourth-order valence-electron chi connectivity index (χ4n) is 5.35. The van der Waals surface area contributed by atoms with Crippen LogP contribution in [0.25, 0.3) is 27.5 Å². The number of rotatable bonds is 15. The van der Waals surface area contributed by atoms with Crippen molar-refractivity contribution in [1.29, 1.82) is 5.26 Å². The number of hydrogen-bond donors (Lipinski definition) is 0. The van der Waals surface area contributed by atoms with Gasteiger partial charge in [-0.1, -0.05) is 66.2 Å². The van der Waals surface area contributed by atoms with Crippen LogP contribution >= 0.6 is 0 Å². The van der Waals surface area contributed by atoms with Crippen molar-refractivity contribution in [3.8, 4) is 23.3 Å². The van der Waals surface area contributed by atoms with Crippen LogP contribution in [0.1, 0.15) is 84.6 Å². The summed E-state index contributed by atoms with van der Waals surface area (Å²) >= 11 is 0. The van der Waals surface area contributed by atoms with Crippen LogP contribution in [-0.4, -0.2) is 17.8 Å². The van der Waals surface area contributed by atoms with E-state index in [4.69, 9.17) is 9.47 Å². The molecule has 39 heavy (non-hydrogen) atoms. The number of unbranched alkanes of at least 4 members (excludes halogenated alkanes) is 2. The quantitative estimate of drug-likeness (QED) is 0.155. The topological polar surface area (TPSA) is 47.2 Å². The van der Waals surface area contributed by atoms with Gasteiger partial charge in [0.05, 0.1) is 35.9 Å². The van der Waals surface area contributed by atoms with E-state index in [-0.39, 0.29) is 0 Å². The van der Waals surface area contributed by atoms with Crippen LogP contribution in [0.4, 0.5) is 0 Å². The summed E-state index contributed by atoms with van der Waals surface area (Å²) in [4.78, 5) is 0. The summed E-state index contributed by atoms with van der Waals surface area (Å²) in [5.41, 5.74) is 3.93. The van der Waals surface area contributed by atoms with Gasteiger partial charge in [-0.25, -0.2) is 0 Å². The molecule has 1 heterocycles. The van der Waals surface area contributed by atoms with Crippen LogP contribution in [0.5, 0.6) is 11.5 Å². The Morgan fingerprint density at radius 1 is 0.692 bits per heavy atom. The summed E-state index contributed by atoms with van der Waals surface area (Å²) in [5, 5.41) is 11.6. The molecule has 0 aliphatic heterocycles.